The predicted molar refractivity (Wildman–Crippen MR) is 99.3 cm³/mol. The highest BCUT2D eigenvalue weighted by atomic mass is 15.3. The first kappa shape index (κ1) is 17.4. The summed E-state index contributed by atoms with van der Waals surface area (Å²) >= 11 is 0. The Bertz CT molecular complexity index is 714. The van der Waals surface area contributed by atoms with E-state index in [1.165, 1.54) is 5.56 Å². The number of quaternary nitrogens is 1. The minimum atomic E-state index is 0.579. The molecule has 0 amide bonds. The molecule has 2 aromatic carbocycles. The summed E-state index contributed by atoms with van der Waals surface area (Å²) in [6.45, 7) is 5.97. The van der Waals surface area contributed by atoms with Gasteiger partial charge in [0.25, 0.3) is 0 Å². The molecule has 24 heavy (non-hydrogen) atoms. The molecule has 0 heterocycles. The molecule has 0 bridgehead atoms. The van der Waals surface area contributed by atoms with Gasteiger partial charge in [0.15, 0.2) is 0 Å². The highest BCUT2D eigenvalue weighted by molar-refractivity contribution is 5.61. The Balaban J connectivity index is 1.96. The minimum Gasteiger partial charge on any atom is -0.356 e. The maximum absolute atomic E-state index is 4.21. The summed E-state index contributed by atoms with van der Waals surface area (Å²) in [5.74, 6) is 0.579. The lowest BCUT2D eigenvalue weighted by Crippen LogP contribution is -2.72. The van der Waals surface area contributed by atoms with Gasteiger partial charge in [0.05, 0.1) is 18.9 Å². The maximum Gasteiger partial charge on any atom is 0.147 e. The number of benzene rings is 2. The number of nitrogens with two attached hydrogens (primary N) is 1. The quantitative estimate of drug-likeness (QED) is 0.760. The monoisotopic (exact) mass is 322 g/mol. The van der Waals surface area contributed by atoms with Crippen molar-refractivity contribution in [3.05, 3.63) is 78.9 Å². The fraction of sp³-hybridized carbons (Fsp3) is 0.158. The summed E-state index contributed by atoms with van der Waals surface area (Å²) in [4.78, 5) is 1.82. The molecule has 5 heteroatoms. The first-order chi connectivity index (χ1) is 11.6. The van der Waals surface area contributed by atoms with Gasteiger partial charge in [-0.3, -0.25) is 0 Å². The average molecular weight is 322 g/mol. The van der Waals surface area contributed by atoms with E-state index in [0.717, 1.165) is 17.1 Å². The van der Waals surface area contributed by atoms with Crippen LogP contribution in [0, 0.1) is 6.92 Å². The Hall–Kier alpha value is -2.92. The van der Waals surface area contributed by atoms with Crippen LogP contribution >= 0.6 is 0 Å². The fourth-order valence-electron chi connectivity index (χ4n) is 1.90. The highest BCUT2D eigenvalue weighted by Crippen LogP contribution is 2.21. The average Bonchev–Trinajstić information content (AvgIpc) is 2.60. The van der Waals surface area contributed by atoms with Crippen LogP contribution in [-0.2, 0) is 0 Å². The van der Waals surface area contributed by atoms with Gasteiger partial charge in [-0.25, -0.2) is 0 Å². The lowest BCUT2D eigenvalue weighted by atomic mass is 10.2. The van der Waals surface area contributed by atoms with Crippen LogP contribution in [0.2, 0.25) is 0 Å². The van der Waals surface area contributed by atoms with E-state index < -0.39 is 0 Å². The molecule has 0 spiro atoms. The van der Waals surface area contributed by atoms with Gasteiger partial charge in [-0.1, -0.05) is 24.3 Å². The van der Waals surface area contributed by atoms with E-state index in [0.29, 0.717) is 5.82 Å². The molecule has 2 aromatic rings. The smallest absolute Gasteiger partial charge is 0.147 e. The molecule has 124 valence electrons. The largest absolute Gasteiger partial charge is 0.356 e. The summed E-state index contributed by atoms with van der Waals surface area (Å²) in [6, 6.07) is 16.1. The van der Waals surface area contributed by atoms with Crippen LogP contribution in [0.1, 0.15) is 5.56 Å². The molecule has 0 unspecified atom stereocenters. The molecular formula is C19H24N5+. The van der Waals surface area contributed by atoms with E-state index in [4.69, 9.17) is 0 Å². The van der Waals surface area contributed by atoms with E-state index in [9.17, 15) is 0 Å². The third-order valence-electron chi connectivity index (χ3n) is 3.40. The third-order valence-corrected chi connectivity index (χ3v) is 3.40. The molecule has 0 saturated carbocycles. The summed E-state index contributed by atoms with van der Waals surface area (Å²) in [5.41, 5.74) is 4.10. The van der Waals surface area contributed by atoms with Gasteiger partial charge in [0.2, 0.25) is 0 Å². The zero-order valence-electron chi connectivity index (χ0n) is 14.4. The van der Waals surface area contributed by atoms with Crippen molar-refractivity contribution in [1.82, 2.24) is 4.90 Å². The lowest BCUT2D eigenvalue weighted by Gasteiger charge is -2.10. The fourth-order valence-corrected chi connectivity index (χ4v) is 1.90. The van der Waals surface area contributed by atoms with Crippen molar-refractivity contribution in [3.8, 4) is 0 Å². The number of anilines is 2. The molecule has 0 aliphatic carbocycles. The molecular weight excluding hydrogens is 298 g/mol. The normalized spacial score (nSPS) is 11.1. The molecule has 0 saturated heterocycles. The number of hydrogen-bond donors (Lipinski definition) is 2. The molecule has 0 aliphatic rings. The Morgan fingerprint density at radius 3 is 2.25 bits per heavy atom. The van der Waals surface area contributed by atoms with Gasteiger partial charge < -0.3 is 15.5 Å². The second-order valence-electron chi connectivity index (χ2n) is 5.44. The summed E-state index contributed by atoms with van der Waals surface area (Å²) in [6.07, 6.45) is 3.81. The van der Waals surface area contributed by atoms with Crippen LogP contribution in [0.3, 0.4) is 0 Å². The van der Waals surface area contributed by atoms with Crippen LogP contribution in [0.4, 0.5) is 17.1 Å². The van der Waals surface area contributed by atoms with Crippen LogP contribution in [0.15, 0.2) is 83.6 Å². The van der Waals surface area contributed by atoms with Crippen molar-refractivity contribution in [2.75, 3.05) is 19.4 Å². The van der Waals surface area contributed by atoms with Crippen molar-refractivity contribution in [2.24, 2.45) is 10.2 Å². The number of nitrogens with zero attached hydrogens (tertiary/aromatic N) is 3. The molecule has 2 rings (SSSR count). The number of aryl methyl sites for hydroxylation is 1. The van der Waals surface area contributed by atoms with E-state index in [-0.39, 0.29) is 0 Å². The van der Waals surface area contributed by atoms with Crippen molar-refractivity contribution in [1.29, 1.82) is 0 Å². The Morgan fingerprint density at radius 2 is 1.67 bits per heavy atom. The Morgan fingerprint density at radius 1 is 1.08 bits per heavy atom. The van der Waals surface area contributed by atoms with Gasteiger partial charge in [0.1, 0.15) is 12.0 Å². The zero-order chi connectivity index (χ0) is 17.4. The standard InChI is InChI=1S/C19H23N5/c1-15-5-7-17(8-6-15)21-18-9-11-19(12-10-18)23-22-16(2)24(4)14-13-20-3/h5-14,20-21H,2H2,1,3-4H3/p+1. The van der Waals surface area contributed by atoms with Gasteiger partial charge in [-0.15, -0.1) is 10.2 Å². The highest BCUT2D eigenvalue weighted by Gasteiger charge is 1.98. The van der Waals surface area contributed by atoms with Gasteiger partial charge in [0, 0.05) is 18.4 Å². The number of rotatable bonds is 7. The minimum absolute atomic E-state index is 0.579. The topological polar surface area (TPSA) is 56.6 Å². The number of nitrogens with one attached hydrogen (secondary N) is 1. The first-order valence-electron chi connectivity index (χ1n) is 7.82. The van der Waals surface area contributed by atoms with Crippen LogP contribution in [0.5, 0.6) is 0 Å². The second kappa shape index (κ2) is 8.64. The predicted octanol–water partition coefficient (Wildman–Crippen LogP) is 3.89. The number of hydrogen-bond acceptors (Lipinski definition) is 4. The number of azo groups is 1. The summed E-state index contributed by atoms with van der Waals surface area (Å²) in [7, 11) is 3.84. The van der Waals surface area contributed by atoms with Crippen molar-refractivity contribution in [3.63, 3.8) is 0 Å². The zero-order valence-corrected chi connectivity index (χ0v) is 14.4. The summed E-state index contributed by atoms with van der Waals surface area (Å²) < 4.78 is 0. The molecule has 0 fully saturated rings. The first-order valence-corrected chi connectivity index (χ1v) is 7.82. The lowest BCUT2D eigenvalue weighted by molar-refractivity contribution is -0.557. The maximum atomic E-state index is 4.21. The van der Waals surface area contributed by atoms with E-state index in [2.05, 4.69) is 53.3 Å². The van der Waals surface area contributed by atoms with Gasteiger partial charge >= 0.3 is 0 Å². The molecule has 0 aromatic heterocycles. The van der Waals surface area contributed by atoms with Crippen molar-refractivity contribution < 1.29 is 5.32 Å². The second-order valence-corrected chi connectivity index (χ2v) is 5.44. The van der Waals surface area contributed by atoms with Gasteiger partial charge in [-0.2, -0.15) is 0 Å². The molecule has 0 aliphatic heterocycles. The van der Waals surface area contributed by atoms with Crippen LogP contribution in [0.25, 0.3) is 0 Å². The summed E-state index contributed by atoms with van der Waals surface area (Å²) in [5, 5.41) is 13.6. The van der Waals surface area contributed by atoms with Crippen molar-refractivity contribution >= 4 is 17.1 Å². The van der Waals surface area contributed by atoms with Crippen LogP contribution < -0.4 is 10.6 Å². The third kappa shape index (κ3) is 5.37. The van der Waals surface area contributed by atoms with Crippen LogP contribution in [-0.4, -0.2) is 19.0 Å². The van der Waals surface area contributed by atoms with E-state index >= 15 is 0 Å². The SMILES string of the molecule is C=C(N=Nc1ccc(Nc2ccc(C)cc2)cc1)N(C)C=C[NH2+]C. The van der Waals surface area contributed by atoms with Gasteiger partial charge in [-0.05, 0) is 43.3 Å². The van der Waals surface area contributed by atoms with Crippen molar-refractivity contribution in [2.45, 2.75) is 6.92 Å². The van der Waals surface area contributed by atoms with E-state index in [1.54, 1.807) is 0 Å². The molecule has 0 radical (unpaired) electrons. The molecule has 0 atom stereocenters. The molecule has 3 N–H and O–H groups in total. The molecule has 5 nitrogen and oxygen atoms in total. The Kier molecular flexibility index (Phi) is 6.28. The van der Waals surface area contributed by atoms with E-state index in [1.807, 2.05) is 61.0 Å². The Labute approximate surface area is 143 Å².